The lowest BCUT2D eigenvalue weighted by molar-refractivity contribution is -0.140. The zero-order chi connectivity index (χ0) is 14.5. The number of carboxylic acid groups (broad SMARTS) is 1. The van der Waals surface area contributed by atoms with E-state index in [9.17, 15) is 9.59 Å². The zero-order valence-corrected chi connectivity index (χ0v) is 11.7. The van der Waals surface area contributed by atoms with Crippen molar-refractivity contribution >= 4 is 12.0 Å². The third kappa shape index (κ3) is 3.72. The van der Waals surface area contributed by atoms with Crippen LogP contribution in [0.4, 0.5) is 4.79 Å². The van der Waals surface area contributed by atoms with Crippen LogP contribution in [-0.2, 0) is 9.53 Å². The number of carboxylic acids is 1. The molecule has 0 spiro atoms. The number of hydrogen-bond donors (Lipinski definition) is 2. The number of amides is 2. The van der Waals surface area contributed by atoms with E-state index < -0.39 is 11.9 Å². The second-order valence-corrected chi connectivity index (χ2v) is 5.29. The maximum Gasteiger partial charge on any atom is 0.317 e. The molecule has 0 aromatic rings. The van der Waals surface area contributed by atoms with Gasteiger partial charge < -0.3 is 20.1 Å². The lowest BCUT2D eigenvalue weighted by Gasteiger charge is -2.25. The number of nitrogens with one attached hydrogen (secondary N) is 1. The van der Waals surface area contributed by atoms with Crippen LogP contribution in [0.25, 0.3) is 0 Å². The van der Waals surface area contributed by atoms with E-state index in [0.29, 0.717) is 19.5 Å². The first kappa shape index (κ1) is 14.8. The summed E-state index contributed by atoms with van der Waals surface area (Å²) in [5.41, 5.74) is 0. The molecule has 1 heterocycles. The van der Waals surface area contributed by atoms with Crippen LogP contribution < -0.4 is 5.32 Å². The second-order valence-electron chi connectivity index (χ2n) is 5.29. The SMILES string of the molecule is CCN(CC1CCCO1)C(=O)NC1C=CC(C(=O)O)C1. The van der Waals surface area contributed by atoms with Gasteiger partial charge in [0, 0.05) is 19.7 Å². The number of hydrogen-bond acceptors (Lipinski definition) is 3. The first-order valence-electron chi connectivity index (χ1n) is 7.18. The highest BCUT2D eigenvalue weighted by Crippen LogP contribution is 2.18. The summed E-state index contributed by atoms with van der Waals surface area (Å²) in [5.74, 6) is -1.33. The van der Waals surface area contributed by atoms with Crippen LogP contribution in [0.2, 0.25) is 0 Å². The molecule has 2 N–H and O–H groups in total. The van der Waals surface area contributed by atoms with Crippen molar-refractivity contribution in [2.75, 3.05) is 19.7 Å². The average Bonchev–Trinajstić information content (AvgIpc) is 3.06. The summed E-state index contributed by atoms with van der Waals surface area (Å²) in [6.07, 6.45) is 6.01. The summed E-state index contributed by atoms with van der Waals surface area (Å²) >= 11 is 0. The number of nitrogens with zero attached hydrogens (tertiary/aromatic N) is 1. The summed E-state index contributed by atoms with van der Waals surface area (Å²) < 4.78 is 5.54. The fourth-order valence-electron chi connectivity index (χ4n) is 2.63. The molecule has 6 heteroatoms. The highest BCUT2D eigenvalue weighted by atomic mass is 16.5. The van der Waals surface area contributed by atoms with E-state index in [4.69, 9.17) is 9.84 Å². The van der Waals surface area contributed by atoms with Gasteiger partial charge in [0.05, 0.1) is 18.1 Å². The highest BCUT2D eigenvalue weighted by Gasteiger charge is 2.27. The van der Waals surface area contributed by atoms with E-state index in [2.05, 4.69) is 5.32 Å². The summed E-state index contributed by atoms with van der Waals surface area (Å²) in [6.45, 7) is 3.92. The first-order valence-corrected chi connectivity index (χ1v) is 7.18. The van der Waals surface area contributed by atoms with Crippen molar-refractivity contribution in [1.82, 2.24) is 10.2 Å². The molecule has 2 amide bonds. The monoisotopic (exact) mass is 282 g/mol. The van der Waals surface area contributed by atoms with Gasteiger partial charge in [0.1, 0.15) is 0 Å². The Bertz CT molecular complexity index is 391. The summed E-state index contributed by atoms with van der Waals surface area (Å²) in [4.78, 5) is 24.8. The standard InChI is InChI=1S/C14H22N2O4/c1-2-16(9-12-4-3-7-20-12)14(19)15-11-6-5-10(8-11)13(17)18/h5-6,10-12H,2-4,7-9H2,1H3,(H,15,19)(H,17,18). The van der Waals surface area contributed by atoms with Crippen LogP contribution in [0.1, 0.15) is 26.2 Å². The number of carbonyl (C=O) groups excluding carboxylic acids is 1. The molecule has 2 aliphatic rings. The predicted octanol–water partition coefficient (Wildman–Crippen LogP) is 1.23. The molecule has 0 bridgehead atoms. The van der Waals surface area contributed by atoms with Crippen molar-refractivity contribution in [3.05, 3.63) is 12.2 Å². The van der Waals surface area contributed by atoms with E-state index in [1.54, 1.807) is 17.1 Å². The number of aliphatic carboxylic acids is 1. The summed E-state index contributed by atoms with van der Waals surface area (Å²) in [7, 11) is 0. The van der Waals surface area contributed by atoms with Crippen LogP contribution in [-0.4, -0.2) is 53.8 Å². The normalized spacial score (nSPS) is 28.6. The smallest absolute Gasteiger partial charge is 0.317 e. The zero-order valence-electron chi connectivity index (χ0n) is 11.7. The van der Waals surface area contributed by atoms with E-state index in [-0.39, 0.29) is 18.2 Å². The van der Waals surface area contributed by atoms with Crippen molar-refractivity contribution < 1.29 is 19.4 Å². The molecule has 1 aliphatic heterocycles. The fourth-order valence-corrected chi connectivity index (χ4v) is 2.63. The van der Waals surface area contributed by atoms with Crippen LogP contribution in [0.15, 0.2) is 12.2 Å². The van der Waals surface area contributed by atoms with E-state index >= 15 is 0 Å². The van der Waals surface area contributed by atoms with Gasteiger partial charge in [0.2, 0.25) is 0 Å². The van der Waals surface area contributed by atoms with E-state index in [0.717, 1.165) is 19.4 Å². The minimum Gasteiger partial charge on any atom is -0.481 e. The Morgan fingerprint density at radius 1 is 1.45 bits per heavy atom. The molecule has 0 aromatic heterocycles. The van der Waals surface area contributed by atoms with Gasteiger partial charge in [0.15, 0.2) is 0 Å². The fraction of sp³-hybridized carbons (Fsp3) is 0.714. The van der Waals surface area contributed by atoms with Gasteiger partial charge in [-0.15, -0.1) is 0 Å². The lowest BCUT2D eigenvalue weighted by atomic mass is 10.1. The largest absolute Gasteiger partial charge is 0.481 e. The number of likely N-dealkylation sites (N-methyl/N-ethyl adjacent to an activating group) is 1. The maximum atomic E-state index is 12.2. The molecular weight excluding hydrogens is 260 g/mol. The van der Waals surface area contributed by atoms with Crippen LogP contribution in [0.5, 0.6) is 0 Å². The molecule has 2 rings (SSSR count). The molecule has 0 saturated carbocycles. The van der Waals surface area contributed by atoms with Gasteiger partial charge in [-0.1, -0.05) is 12.2 Å². The number of rotatable bonds is 5. The molecule has 112 valence electrons. The molecule has 0 aromatic carbocycles. The van der Waals surface area contributed by atoms with Crippen molar-refractivity contribution in [3.8, 4) is 0 Å². The summed E-state index contributed by atoms with van der Waals surface area (Å²) in [5, 5.41) is 11.8. The summed E-state index contributed by atoms with van der Waals surface area (Å²) in [6, 6.07) is -0.342. The Hall–Kier alpha value is -1.56. The highest BCUT2D eigenvalue weighted by molar-refractivity contribution is 5.76. The number of urea groups is 1. The van der Waals surface area contributed by atoms with Gasteiger partial charge in [-0.3, -0.25) is 4.79 Å². The molecule has 3 atom stereocenters. The van der Waals surface area contributed by atoms with E-state index in [1.165, 1.54) is 0 Å². The molecule has 20 heavy (non-hydrogen) atoms. The molecule has 1 aliphatic carbocycles. The predicted molar refractivity (Wildman–Crippen MR) is 73.4 cm³/mol. The van der Waals surface area contributed by atoms with Crippen molar-refractivity contribution in [2.45, 2.75) is 38.3 Å². The molecule has 1 fully saturated rings. The van der Waals surface area contributed by atoms with Crippen molar-refractivity contribution in [3.63, 3.8) is 0 Å². The van der Waals surface area contributed by atoms with Gasteiger partial charge in [-0.05, 0) is 26.2 Å². The van der Waals surface area contributed by atoms with Gasteiger partial charge in [0.25, 0.3) is 0 Å². The van der Waals surface area contributed by atoms with Crippen molar-refractivity contribution in [2.24, 2.45) is 5.92 Å². The number of ether oxygens (including phenoxy) is 1. The van der Waals surface area contributed by atoms with Gasteiger partial charge in [-0.25, -0.2) is 4.79 Å². The maximum absolute atomic E-state index is 12.2. The molecule has 1 saturated heterocycles. The van der Waals surface area contributed by atoms with E-state index in [1.807, 2.05) is 6.92 Å². The number of carbonyl (C=O) groups is 2. The Kier molecular flexibility index (Phi) is 5.00. The first-order chi connectivity index (χ1) is 9.60. The van der Waals surface area contributed by atoms with Crippen LogP contribution in [0.3, 0.4) is 0 Å². The lowest BCUT2D eigenvalue weighted by Crippen LogP contribution is -2.46. The Morgan fingerprint density at radius 3 is 2.80 bits per heavy atom. The molecule has 6 nitrogen and oxygen atoms in total. The van der Waals surface area contributed by atoms with Gasteiger partial charge in [-0.2, -0.15) is 0 Å². The Labute approximate surface area is 118 Å². The van der Waals surface area contributed by atoms with Crippen LogP contribution >= 0.6 is 0 Å². The minimum atomic E-state index is -0.843. The average molecular weight is 282 g/mol. The Balaban J connectivity index is 1.80. The topological polar surface area (TPSA) is 78.9 Å². The van der Waals surface area contributed by atoms with Crippen molar-refractivity contribution in [1.29, 1.82) is 0 Å². The third-order valence-electron chi connectivity index (χ3n) is 3.83. The minimum absolute atomic E-state index is 0.131. The molecule has 3 unspecified atom stereocenters. The Morgan fingerprint density at radius 2 is 2.25 bits per heavy atom. The molecule has 0 radical (unpaired) electrons. The molecular formula is C14H22N2O4. The quantitative estimate of drug-likeness (QED) is 0.743. The second kappa shape index (κ2) is 6.74. The van der Waals surface area contributed by atoms with Crippen LogP contribution in [0, 0.1) is 5.92 Å². The third-order valence-corrected chi connectivity index (χ3v) is 3.83. The van der Waals surface area contributed by atoms with Gasteiger partial charge >= 0.3 is 12.0 Å².